The van der Waals surface area contributed by atoms with Crippen molar-refractivity contribution in [1.29, 1.82) is 0 Å². The molecule has 0 bridgehead atoms. The number of anilines is 1. The smallest absolute Gasteiger partial charge is 0.248 e. The molecular formula is C18H17N5O3. The molecule has 0 radical (unpaired) electrons. The number of pyridine rings is 1. The molecule has 2 aromatic heterocycles. The molecule has 132 valence electrons. The third-order valence-corrected chi connectivity index (χ3v) is 3.47. The lowest BCUT2D eigenvalue weighted by atomic mass is 10.2. The number of nitrogens with one attached hydrogen (secondary N) is 1. The maximum atomic E-state index is 12.1. The van der Waals surface area contributed by atoms with E-state index < -0.39 is 0 Å². The molecule has 8 nitrogen and oxygen atoms in total. The van der Waals surface area contributed by atoms with Crippen molar-refractivity contribution < 1.29 is 14.3 Å². The average molecular weight is 351 g/mol. The standard InChI is InChI=1S/C18H17N5O3/c1-25-15-7-13(8-16(9-15)26-2)3-6-18(24)22-14-4-5-17(20-10-14)23-12-19-11-21-23/h3-12H,1-2H3,(H,22,24). The highest BCUT2D eigenvalue weighted by Crippen LogP contribution is 2.23. The molecule has 1 aromatic carbocycles. The SMILES string of the molecule is COc1cc(C=CC(=O)Nc2ccc(-n3cncn3)nc2)cc(OC)c1. The molecular weight excluding hydrogens is 334 g/mol. The fourth-order valence-corrected chi connectivity index (χ4v) is 2.20. The van der Waals surface area contributed by atoms with E-state index in [2.05, 4.69) is 20.4 Å². The van der Waals surface area contributed by atoms with Gasteiger partial charge in [0, 0.05) is 12.1 Å². The monoisotopic (exact) mass is 351 g/mol. The molecule has 0 spiro atoms. The van der Waals surface area contributed by atoms with Crippen LogP contribution in [0.3, 0.4) is 0 Å². The van der Waals surface area contributed by atoms with Crippen LogP contribution in [0.5, 0.6) is 11.5 Å². The Balaban J connectivity index is 1.66. The number of amides is 1. The lowest BCUT2D eigenvalue weighted by Gasteiger charge is -2.06. The summed E-state index contributed by atoms with van der Waals surface area (Å²) in [5.41, 5.74) is 1.36. The number of carbonyl (C=O) groups is 1. The minimum Gasteiger partial charge on any atom is -0.497 e. The van der Waals surface area contributed by atoms with Crippen molar-refractivity contribution in [3.63, 3.8) is 0 Å². The van der Waals surface area contributed by atoms with Crippen molar-refractivity contribution in [2.24, 2.45) is 0 Å². The largest absolute Gasteiger partial charge is 0.497 e. The van der Waals surface area contributed by atoms with Crippen molar-refractivity contribution in [3.05, 3.63) is 60.8 Å². The highest BCUT2D eigenvalue weighted by atomic mass is 16.5. The molecule has 0 unspecified atom stereocenters. The van der Waals surface area contributed by atoms with E-state index >= 15 is 0 Å². The maximum Gasteiger partial charge on any atom is 0.248 e. The van der Waals surface area contributed by atoms with Gasteiger partial charge in [-0.05, 0) is 35.9 Å². The Hall–Kier alpha value is -3.68. The number of ether oxygens (including phenoxy) is 2. The first-order valence-electron chi connectivity index (χ1n) is 7.71. The topological polar surface area (TPSA) is 91.2 Å². The third kappa shape index (κ3) is 4.23. The second-order valence-electron chi connectivity index (χ2n) is 5.21. The fourth-order valence-electron chi connectivity index (χ4n) is 2.20. The number of nitrogens with zero attached hydrogens (tertiary/aromatic N) is 4. The van der Waals surface area contributed by atoms with Gasteiger partial charge in [0.2, 0.25) is 5.91 Å². The number of carbonyl (C=O) groups excluding carboxylic acids is 1. The van der Waals surface area contributed by atoms with Gasteiger partial charge in [-0.1, -0.05) is 0 Å². The van der Waals surface area contributed by atoms with Crippen LogP contribution in [0.2, 0.25) is 0 Å². The predicted molar refractivity (Wildman–Crippen MR) is 96.4 cm³/mol. The van der Waals surface area contributed by atoms with E-state index in [0.717, 1.165) is 5.56 Å². The van der Waals surface area contributed by atoms with E-state index in [1.807, 2.05) is 0 Å². The van der Waals surface area contributed by atoms with Gasteiger partial charge in [0.05, 0.1) is 26.1 Å². The second kappa shape index (κ2) is 7.93. The Labute approximate surface area is 150 Å². The van der Waals surface area contributed by atoms with Crippen LogP contribution < -0.4 is 14.8 Å². The number of hydrogen-bond acceptors (Lipinski definition) is 6. The number of hydrogen-bond donors (Lipinski definition) is 1. The van der Waals surface area contributed by atoms with E-state index in [4.69, 9.17) is 9.47 Å². The molecule has 2 heterocycles. The summed E-state index contributed by atoms with van der Waals surface area (Å²) in [4.78, 5) is 20.2. The number of benzene rings is 1. The number of methoxy groups -OCH3 is 2. The van der Waals surface area contributed by atoms with Gasteiger partial charge in [-0.25, -0.2) is 14.6 Å². The summed E-state index contributed by atoms with van der Waals surface area (Å²) in [7, 11) is 3.15. The van der Waals surface area contributed by atoms with Gasteiger partial charge in [0.1, 0.15) is 24.2 Å². The molecule has 1 N–H and O–H groups in total. The van der Waals surface area contributed by atoms with Gasteiger partial charge in [-0.15, -0.1) is 0 Å². The fraction of sp³-hybridized carbons (Fsp3) is 0.111. The number of rotatable bonds is 6. The maximum absolute atomic E-state index is 12.1. The Morgan fingerprint density at radius 1 is 1.15 bits per heavy atom. The summed E-state index contributed by atoms with van der Waals surface area (Å²) in [6.07, 6.45) is 7.63. The van der Waals surface area contributed by atoms with Crippen LogP contribution in [0, 0.1) is 0 Å². The molecule has 0 aliphatic heterocycles. The van der Waals surface area contributed by atoms with Gasteiger partial charge in [0.25, 0.3) is 0 Å². The third-order valence-electron chi connectivity index (χ3n) is 3.47. The minimum absolute atomic E-state index is 0.276. The van der Waals surface area contributed by atoms with Crippen LogP contribution in [0.4, 0.5) is 5.69 Å². The van der Waals surface area contributed by atoms with Gasteiger partial charge in [-0.3, -0.25) is 4.79 Å². The summed E-state index contributed by atoms with van der Waals surface area (Å²) in [6, 6.07) is 8.85. The zero-order valence-corrected chi connectivity index (χ0v) is 14.3. The van der Waals surface area contributed by atoms with Crippen LogP contribution in [-0.4, -0.2) is 39.9 Å². The van der Waals surface area contributed by atoms with E-state index in [-0.39, 0.29) is 5.91 Å². The van der Waals surface area contributed by atoms with Crippen LogP contribution >= 0.6 is 0 Å². The molecule has 0 saturated carbocycles. The Kier molecular flexibility index (Phi) is 5.23. The van der Waals surface area contributed by atoms with Crippen molar-refractivity contribution in [2.75, 3.05) is 19.5 Å². The lowest BCUT2D eigenvalue weighted by molar-refractivity contribution is -0.111. The number of aromatic nitrogens is 4. The van der Waals surface area contributed by atoms with Gasteiger partial charge in [0.15, 0.2) is 5.82 Å². The molecule has 1 amide bonds. The van der Waals surface area contributed by atoms with Crippen LogP contribution in [0.25, 0.3) is 11.9 Å². The van der Waals surface area contributed by atoms with E-state index in [0.29, 0.717) is 23.0 Å². The first-order chi connectivity index (χ1) is 12.7. The molecule has 3 aromatic rings. The van der Waals surface area contributed by atoms with Crippen molar-refractivity contribution in [1.82, 2.24) is 19.7 Å². The molecule has 0 saturated heterocycles. The first kappa shape index (κ1) is 17.2. The van der Waals surface area contributed by atoms with Crippen LogP contribution in [0.1, 0.15) is 5.56 Å². The van der Waals surface area contributed by atoms with Crippen LogP contribution in [0.15, 0.2) is 55.3 Å². The van der Waals surface area contributed by atoms with E-state index in [1.165, 1.54) is 17.1 Å². The summed E-state index contributed by atoms with van der Waals surface area (Å²) >= 11 is 0. The Morgan fingerprint density at radius 2 is 1.92 bits per heavy atom. The molecule has 0 aliphatic carbocycles. The Bertz CT molecular complexity index is 883. The Morgan fingerprint density at radius 3 is 2.50 bits per heavy atom. The van der Waals surface area contributed by atoms with Crippen molar-refractivity contribution in [3.8, 4) is 17.3 Å². The summed E-state index contributed by atoms with van der Waals surface area (Å²) in [5.74, 6) is 1.64. The molecule has 0 atom stereocenters. The highest BCUT2D eigenvalue weighted by Gasteiger charge is 2.03. The van der Waals surface area contributed by atoms with Gasteiger partial charge >= 0.3 is 0 Å². The summed E-state index contributed by atoms with van der Waals surface area (Å²) < 4.78 is 11.9. The second-order valence-corrected chi connectivity index (χ2v) is 5.21. The summed E-state index contributed by atoms with van der Waals surface area (Å²) in [5, 5.41) is 6.74. The van der Waals surface area contributed by atoms with E-state index in [9.17, 15) is 4.79 Å². The van der Waals surface area contributed by atoms with Crippen molar-refractivity contribution >= 4 is 17.7 Å². The zero-order chi connectivity index (χ0) is 18.4. The molecule has 0 fully saturated rings. The molecule has 26 heavy (non-hydrogen) atoms. The van der Waals surface area contributed by atoms with E-state index in [1.54, 1.807) is 63.2 Å². The highest BCUT2D eigenvalue weighted by molar-refractivity contribution is 6.01. The molecule has 8 heteroatoms. The minimum atomic E-state index is -0.276. The molecule has 3 rings (SSSR count). The van der Waals surface area contributed by atoms with Crippen molar-refractivity contribution in [2.45, 2.75) is 0 Å². The molecule has 0 aliphatic rings. The first-order valence-corrected chi connectivity index (χ1v) is 7.71. The summed E-state index contributed by atoms with van der Waals surface area (Å²) in [6.45, 7) is 0. The predicted octanol–water partition coefficient (Wildman–Crippen LogP) is 2.33. The average Bonchev–Trinajstić information content (AvgIpc) is 3.21. The normalized spacial score (nSPS) is 10.7. The van der Waals surface area contributed by atoms with Crippen LogP contribution in [-0.2, 0) is 4.79 Å². The lowest BCUT2D eigenvalue weighted by Crippen LogP contribution is -2.08. The van der Waals surface area contributed by atoms with Gasteiger partial charge < -0.3 is 14.8 Å². The van der Waals surface area contributed by atoms with Gasteiger partial charge in [-0.2, -0.15) is 5.10 Å². The quantitative estimate of drug-likeness (QED) is 0.686. The zero-order valence-electron chi connectivity index (χ0n) is 14.3.